The lowest BCUT2D eigenvalue weighted by Crippen LogP contribution is -2.40. The second-order valence-electron chi connectivity index (χ2n) is 4.97. The molecule has 1 saturated heterocycles. The van der Waals surface area contributed by atoms with E-state index in [0.29, 0.717) is 19.1 Å². The number of aliphatic hydroxyl groups excluding tert-OH is 1. The van der Waals surface area contributed by atoms with Crippen molar-refractivity contribution in [3.05, 3.63) is 23.8 Å². The zero-order chi connectivity index (χ0) is 12.4. The fourth-order valence-electron chi connectivity index (χ4n) is 2.67. The van der Waals surface area contributed by atoms with Gasteiger partial charge in [-0.3, -0.25) is 0 Å². The molecule has 0 saturated carbocycles. The Morgan fingerprint density at radius 2 is 2.00 bits per heavy atom. The molecule has 0 bridgehead atoms. The smallest absolute Gasteiger partial charge is 0.161 e. The molecule has 1 aromatic carbocycles. The third kappa shape index (κ3) is 2.31. The maximum atomic E-state index is 9.11. The second kappa shape index (κ2) is 5.16. The van der Waals surface area contributed by atoms with Gasteiger partial charge in [0.25, 0.3) is 0 Å². The van der Waals surface area contributed by atoms with Gasteiger partial charge in [-0.05, 0) is 36.5 Å². The van der Waals surface area contributed by atoms with Gasteiger partial charge >= 0.3 is 0 Å². The van der Waals surface area contributed by atoms with Crippen LogP contribution in [0.4, 0.5) is 0 Å². The Bertz CT molecular complexity index is 414. The van der Waals surface area contributed by atoms with Gasteiger partial charge in [0.15, 0.2) is 11.5 Å². The van der Waals surface area contributed by atoms with Crippen LogP contribution in [0.1, 0.15) is 24.3 Å². The summed E-state index contributed by atoms with van der Waals surface area (Å²) < 4.78 is 11.1. The molecule has 0 aromatic heterocycles. The van der Waals surface area contributed by atoms with Crippen LogP contribution in [0.5, 0.6) is 11.5 Å². The van der Waals surface area contributed by atoms with Crippen molar-refractivity contribution in [2.45, 2.75) is 24.8 Å². The highest BCUT2D eigenvalue weighted by Crippen LogP contribution is 2.35. The predicted octanol–water partition coefficient (Wildman–Crippen LogP) is 1.29. The molecule has 1 aromatic rings. The second-order valence-corrected chi connectivity index (χ2v) is 4.97. The van der Waals surface area contributed by atoms with Gasteiger partial charge in [-0.2, -0.15) is 0 Å². The normalized spacial score (nSPS) is 26.9. The Morgan fingerprint density at radius 3 is 2.72 bits per heavy atom. The van der Waals surface area contributed by atoms with Crippen molar-refractivity contribution >= 4 is 0 Å². The monoisotopic (exact) mass is 249 g/mol. The molecule has 2 aliphatic rings. The van der Waals surface area contributed by atoms with Crippen LogP contribution in [-0.4, -0.2) is 37.5 Å². The van der Waals surface area contributed by atoms with Gasteiger partial charge in [-0.15, -0.1) is 0 Å². The molecule has 4 heteroatoms. The number of rotatable bonds is 2. The number of fused-ring (bicyclic) bond motifs is 1. The topological polar surface area (TPSA) is 50.7 Å². The van der Waals surface area contributed by atoms with Gasteiger partial charge < -0.3 is 19.9 Å². The van der Waals surface area contributed by atoms with Crippen LogP contribution < -0.4 is 14.8 Å². The van der Waals surface area contributed by atoms with E-state index in [9.17, 15) is 0 Å². The lowest BCUT2D eigenvalue weighted by molar-refractivity contribution is 0.171. The van der Waals surface area contributed by atoms with Crippen molar-refractivity contribution in [1.82, 2.24) is 5.32 Å². The predicted molar refractivity (Wildman–Crippen MR) is 68.3 cm³/mol. The molecule has 98 valence electrons. The molecule has 2 aliphatic heterocycles. The molecule has 4 nitrogen and oxygen atoms in total. The largest absolute Gasteiger partial charge is 0.486 e. The first kappa shape index (κ1) is 11.8. The number of aliphatic hydroxyl groups is 1. The van der Waals surface area contributed by atoms with Crippen LogP contribution in [0, 0.1) is 0 Å². The van der Waals surface area contributed by atoms with Crippen molar-refractivity contribution in [2.24, 2.45) is 0 Å². The first-order valence-electron chi connectivity index (χ1n) is 6.60. The Balaban J connectivity index is 1.73. The summed E-state index contributed by atoms with van der Waals surface area (Å²) in [5.41, 5.74) is 1.29. The lowest BCUT2D eigenvalue weighted by Gasteiger charge is -2.29. The summed E-state index contributed by atoms with van der Waals surface area (Å²) in [6, 6.07) is 6.49. The van der Waals surface area contributed by atoms with E-state index in [1.165, 1.54) is 5.56 Å². The first-order valence-corrected chi connectivity index (χ1v) is 6.60. The Morgan fingerprint density at radius 1 is 1.17 bits per heavy atom. The third-order valence-electron chi connectivity index (χ3n) is 3.77. The van der Waals surface area contributed by atoms with Gasteiger partial charge in [0.05, 0.1) is 6.61 Å². The summed E-state index contributed by atoms with van der Waals surface area (Å²) in [5, 5.41) is 12.5. The summed E-state index contributed by atoms with van der Waals surface area (Å²) in [4.78, 5) is 0. The van der Waals surface area contributed by atoms with Crippen LogP contribution in [0.3, 0.4) is 0 Å². The van der Waals surface area contributed by atoms with Crippen LogP contribution in [0.25, 0.3) is 0 Å². The standard InChI is InChI=1S/C14H19NO3/c16-9-12-3-1-11(8-15-12)10-2-4-13-14(7-10)18-6-5-17-13/h2,4,7,11-12,15-16H,1,3,5-6,8-9H2. The van der Waals surface area contributed by atoms with E-state index < -0.39 is 0 Å². The molecule has 2 N–H and O–H groups in total. The SMILES string of the molecule is OCC1CCC(c2ccc3c(c2)OCCO3)CN1. The first-order chi connectivity index (χ1) is 8.86. The molecule has 0 amide bonds. The van der Waals surface area contributed by atoms with Crippen LogP contribution >= 0.6 is 0 Å². The fourth-order valence-corrected chi connectivity index (χ4v) is 2.67. The summed E-state index contributed by atoms with van der Waals surface area (Å²) in [7, 11) is 0. The van der Waals surface area contributed by atoms with Gasteiger partial charge in [-0.1, -0.05) is 6.07 Å². The molecule has 0 aliphatic carbocycles. The maximum Gasteiger partial charge on any atom is 0.161 e. The third-order valence-corrected chi connectivity index (χ3v) is 3.77. The average Bonchev–Trinajstić information content (AvgIpc) is 2.47. The van der Waals surface area contributed by atoms with Gasteiger partial charge in [-0.25, -0.2) is 0 Å². The minimum absolute atomic E-state index is 0.230. The summed E-state index contributed by atoms with van der Waals surface area (Å²) in [5.74, 6) is 2.22. The van der Waals surface area contributed by atoms with E-state index in [1.54, 1.807) is 0 Å². The summed E-state index contributed by atoms with van der Waals surface area (Å²) in [6.07, 6.45) is 2.13. The molecular weight excluding hydrogens is 230 g/mol. The molecule has 0 radical (unpaired) electrons. The molecule has 2 heterocycles. The lowest BCUT2D eigenvalue weighted by atomic mass is 9.88. The highest BCUT2D eigenvalue weighted by Gasteiger charge is 2.22. The van der Waals surface area contributed by atoms with Crippen LogP contribution in [-0.2, 0) is 0 Å². The maximum absolute atomic E-state index is 9.11. The number of hydrogen-bond acceptors (Lipinski definition) is 4. The number of ether oxygens (including phenoxy) is 2. The van der Waals surface area contributed by atoms with Gasteiger partial charge in [0, 0.05) is 12.6 Å². The molecule has 0 spiro atoms. The van der Waals surface area contributed by atoms with Crippen LogP contribution in [0.2, 0.25) is 0 Å². The highest BCUT2D eigenvalue weighted by molar-refractivity contribution is 5.45. The van der Waals surface area contributed by atoms with E-state index in [2.05, 4.69) is 17.4 Å². The Labute approximate surface area is 107 Å². The summed E-state index contributed by atoms with van der Waals surface area (Å²) in [6.45, 7) is 2.42. The van der Waals surface area contributed by atoms with E-state index in [4.69, 9.17) is 14.6 Å². The van der Waals surface area contributed by atoms with Crippen molar-refractivity contribution in [2.75, 3.05) is 26.4 Å². The quantitative estimate of drug-likeness (QED) is 0.829. The number of hydrogen-bond donors (Lipinski definition) is 2. The number of benzene rings is 1. The fraction of sp³-hybridized carbons (Fsp3) is 0.571. The van der Waals surface area contributed by atoms with E-state index in [1.807, 2.05) is 6.07 Å². The molecular formula is C14H19NO3. The van der Waals surface area contributed by atoms with Crippen LogP contribution in [0.15, 0.2) is 18.2 Å². The molecule has 18 heavy (non-hydrogen) atoms. The molecule has 2 unspecified atom stereocenters. The average molecular weight is 249 g/mol. The molecule has 2 atom stereocenters. The zero-order valence-corrected chi connectivity index (χ0v) is 10.4. The van der Waals surface area contributed by atoms with Crippen molar-refractivity contribution in [3.63, 3.8) is 0 Å². The van der Waals surface area contributed by atoms with Crippen molar-refractivity contribution in [1.29, 1.82) is 0 Å². The van der Waals surface area contributed by atoms with Crippen molar-refractivity contribution in [3.8, 4) is 11.5 Å². The Hall–Kier alpha value is -1.26. The van der Waals surface area contributed by atoms with Gasteiger partial charge in [0.1, 0.15) is 13.2 Å². The highest BCUT2D eigenvalue weighted by atomic mass is 16.6. The summed E-state index contributed by atoms with van der Waals surface area (Å²) >= 11 is 0. The molecule has 1 fully saturated rings. The van der Waals surface area contributed by atoms with Crippen molar-refractivity contribution < 1.29 is 14.6 Å². The number of piperidine rings is 1. The molecule has 3 rings (SSSR count). The van der Waals surface area contributed by atoms with E-state index >= 15 is 0 Å². The minimum Gasteiger partial charge on any atom is -0.486 e. The zero-order valence-electron chi connectivity index (χ0n) is 10.4. The van der Waals surface area contributed by atoms with E-state index in [-0.39, 0.29) is 12.6 Å². The van der Waals surface area contributed by atoms with Gasteiger partial charge in [0.2, 0.25) is 0 Å². The minimum atomic E-state index is 0.230. The van der Waals surface area contributed by atoms with E-state index in [0.717, 1.165) is 30.9 Å². The Kier molecular flexibility index (Phi) is 3.39. The number of nitrogens with one attached hydrogen (secondary N) is 1.